The molecule has 5 rings (SSSR count). The molecule has 0 bridgehead atoms. The molecule has 0 saturated carbocycles. The van der Waals surface area contributed by atoms with Gasteiger partial charge in [0.2, 0.25) is 23.6 Å². The number of hydrogen-bond donors (Lipinski definition) is 6. The van der Waals surface area contributed by atoms with Gasteiger partial charge in [-0.25, -0.2) is 9.07 Å². The number of ketones is 1. The fraction of sp³-hybridized carbons (Fsp3) is 0.536. The van der Waals surface area contributed by atoms with E-state index >= 15 is 4.39 Å². The molecule has 6 N–H and O–H groups in total. The van der Waals surface area contributed by atoms with Crippen LogP contribution >= 0.6 is 0 Å². The number of nitrogens with zero attached hydrogens (tertiary/aromatic N) is 4. The van der Waals surface area contributed by atoms with Crippen molar-refractivity contribution in [1.82, 2.24) is 46.5 Å². The van der Waals surface area contributed by atoms with Crippen molar-refractivity contribution in [3.63, 3.8) is 0 Å². The van der Waals surface area contributed by atoms with Crippen LogP contribution < -0.4 is 26.6 Å². The smallest absolute Gasteiger partial charge is 0.297 e. The van der Waals surface area contributed by atoms with Crippen LogP contribution in [-0.2, 0) is 62.4 Å². The van der Waals surface area contributed by atoms with Crippen molar-refractivity contribution in [3.8, 4) is 0 Å². The highest BCUT2D eigenvalue weighted by Gasteiger charge is 2.40. The van der Waals surface area contributed by atoms with Gasteiger partial charge >= 0.3 is 0 Å². The first kappa shape index (κ1) is 62.4. The number of hydrogen-bond acceptors (Lipinski definition) is 14. The topological polar surface area (TPSA) is 269 Å². The van der Waals surface area contributed by atoms with Crippen LogP contribution in [0.25, 0.3) is 0 Å². The van der Waals surface area contributed by atoms with E-state index in [2.05, 4.69) is 43.8 Å². The van der Waals surface area contributed by atoms with Gasteiger partial charge in [-0.1, -0.05) is 113 Å². The van der Waals surface area contributed by atoms with Crippen LogP contribution in [0.4, 0.5) is 4.39 Å². The summed E-state index contributed by atoms with van der Waals surface area (Å²) in [6.45, 7) is 13.2. The van der Waals surface area contributed by atoms with Gasteiger partial charge in [0.1, 0.15) is 41.8 Å². The Bertz CT molecular complexity index is 2720. The molecule has 1 fully saturated rings. The average molecular weight is 1100 g/mol. The zero-order chi connectivity index (χ0) is 57.0. The third-order valence-corrected chi connectivity index (χ3v) is 14.5. The lowest BCUT2D eigenvalue weighted by Gasteiger charge is -2.30. The van der Waals surface area contributed by atoms with E-state index in [4.69, 9.17) is 8.92 Å². The molecule has 78 heavy (non-hydrogen) atoms. The fourth-order valence-electron chi connectivity index (χ4n) is 8.76. The maximum absolute atomic E-state index is 15.0. The van der Waals surface area contributed by atoms with Gasteiger partial charge in [0.05, 0.1) is 55.0 Å². The van der Waals surface area contributed by atoms with E-state index in [1.165, 1.54) is 0 Å². The summed E-state index contributed by atoms with van der Waals surface area (Å²) in [4.78, 5) is 85.2. The highest BCUT2D eigenvalue weighted by molar-refractivity contribution is 7.86. The number of nitrogens with one attached hydrogen (secondary N) is 5. The third kappa shape index (κ3) is 19.8. The molecule has 0 radical (unpaired) electrons. The highest BCUT2D eigenvalue weighted by Crippen LogP contribution is 2.22. The van der Waals surface area contributed by atoms with Crippen LogP contribution in [0.3, 0.4) is 0 Å². The zero-order valence-corrected chi connectivity index (χ0v) is 46.7. The summed E-state index contributed by atoms with van der Waals surface area (Å²) in [5, 5.41) is 33.5. The molecule has 3 aromatic carbocycles. The minimum Gasteiger partial charge on any atom is -0.380 e. The molecule has 1 aliphatic rings. The van der Waals surface area contributed by atoms with Crippen LogP contribution in [0.5, 0.6) is 0 Å². The fourth-order valence-corrected chi connectivity index (χ4v) is 9.77. The Labute approximate surface area is 457 Å². The summed E-state index contributed by atoms with van der Waals surface area (Å²) < 4.78 is 54.4. The number of halogens is 1. The van der Waals surface area contributed by atoms with E-state index in [-0.39, 0.29) is 62.6 Å². The zero-order valence-electron chi connectivity index (χ0n) is 45.8. The highest BCUT2D eigenvalue weighted by atomic mass is 32.2. The monoisotopic (exact) mass is 1100 g/mol. The molecule has 426 valence electrons. The number of carbonyl (C=O) groups is 6. The average Bonchev–Trinajstić information content (AvgIpc) is 3.91. The van der Waals surface area contributed by atoms with Crippen LogP contribution in [0.2, 0.25) is 0 Å². The summed E-state index contributed by atoms with van der Waals surface area (Å²) in [5.74, 6) is -5.84. The van der Waals surface area contributed by atoms with Gasteiger partial charge in [-0.05, 0) is 87.1 Å². The number of aromatic nitrogens is 3. The molecule has 20 nitrogen and oxygen atoms in total. The van der Waals surface area contributed by atoms with Gasteiger partial charge < -0.3 is 36.4 Å². The molecule has 22 heteroatoms. The summed E-state index contributed by atoms with van der Waals surface area (Å²) in [5.41, 5.74) is -1.19. The van der Waals surface area contributed by atoms with Crippen molar-refractivity contribution < 1.29 is 55.6 Å². The SMILES string of the molecule is CCCCC(C)n1cc(CNC(=O)c2cc(S(=O)(=O)OCC(C)(O)C(=O)[C@H](CC(C)C)NC(=O)[C@H](Cc3ccccc3)NC(=O)[C@H](CC(C)C)NC(=O)[C@H](CCc3ccccc3)NC(=O)CN3CCOCC3)ccc2F)nn1. The number of benzene rings is 3. The van der Waals surface area contributed by atoms with Crippen LogP contribution in [-0.4, -0.2) is 138 Å². The molecule has 0 aliphatic carbocycles. The van der Waals surface area contributed by atoms with Crippen molar-refractivity contribution in [3.05, 3.63) is 113 Å². The number of carbonyl (C=O) groups excluding carboxylic acids is 6. The maximum Gasteiger partial charge on any atom is 0.297 e. The van der Waals surface area contributed by atoms with Crippen LogP contribution in [0.15, 0.2) is 90.0 Å². The van der Waals surface area contributed by atoms with Gasteiger partial charge in [0.25, 0.3) is 16.0 Å². The molecule has 5 amide bonds. The molecule has 1 saturated heterocycles. The van der Waals surface area contributed by atoms with Gasteiger partial charge in [-0.2, -0.15) is 8.42 Å². The maximum atomic E-state index is 15.0. The predicted molar refractivity (Wildman–Crippen MR) is 289 cm³/mol. The predicted octanol–water partition coefficient (Wildman–Crippen LogP) is 4.36. The largest absolute Gasteiger partial charge is 0.380 e. The van der Waals surface area contributed by atoms with Crippen molar-refractivity contribution in [2.75, 3.05) is 39.5 Å². The lowest BCUT2D eigenvalue weighted by Crippen LogP contribution is -2.60. The Morgan fingerprint density at radius 1 is 0.782 bits per heavy atom. The van der Waals surface area contributed by atoms with Gasteiger partial charge in [0, 0.05) is 19.5 Å². The molecule has 2 unspecified atom stereocenters. The number of aliphatic hydroxyl groups is 1. The number of amides is 5. The quantitative estimate of drug-likeness (QED) is 0.0383. The van der Waals surface area contributed by atoms with E-state index in [1.807, 2.05) is 56.0 Å². The number of aryl methyl sites for hydroxylation is 1. The Morgan fingerprint density at radius 3 is 2.01 bits per heavy atom. The van der Waals surface area contributed by atoms with E-state index in [9.17, 15) is 42.3 Å². The lowest BCUT2D eigenvalue weighted by atomic mass is 9.90. The number of unbranched alkanes of at least 4 members (excludes halogenated alkanes) is 1. The molecule has 4 aromatic rings. The second kappa shape index (κ2) is 30.1. The number of Topliss-reactive ketones (excluding diaryl/α,β-unsaturated/α-hetero) is 1. The normalized spacial score (nSPS) is 15.8. The Morgan fingerprint density at radius 2 is 1.37 bits per heavy atom. The van der Waals surface area contributed by atoms with E-state index in [0.717, 1.165) is 49.9 Å². The molecule has 1 aliphatic heterocycles. The molecule has 1 aromatic heterocycles. The summed E-state index contributed by atoms with van der Waals surface area (Å²) in [7, 11) is -4.85. The molecule has 2 heterocycles. The number of morpholine rings is 1. The second-order valence-electron chi connectivity index (χ2n) is 21.0. The van der Waals surface area contributed by atoms with Crippen molar-refractivity contribution >= 4 is 45.4 Å². The number of ether oxygens (including phenoxy) is 1. The third-order valence-electron chi connectivity index (χ3n) is 13.2. The molecular formula is C56H78FN9O11S. The molecule has 0 spiro atoms. The van der Waals surface area contributed by atoms with Gasteiger partial charge in [-0.15, -0.1) is 5.10 Å². The Kier molecular flexibility index (Phi) is 24.0. The Balaban J connectivity index is 1.29. The standard InChI is InChI=1S/C56H78FN9O11S/c1-8-9-16-39(6)66-34-42(63-64-66)33-58-52(69)44-32-43(22-23-45(44)57)78(74,75)77-36-56(7,73)51(68)47(29-37(2)3)60-55(72)49(31-41-19-14-11-15-20-41)62-54(71)48(30-38(4)5)61-53(70)46(24-21-40-17-12-10-13-18-40)59-50(67)35-65-25-27-76-28-26-65/h10-15,17-20,22-23,32,34,37-39,46-49,73H,8-9,16,21,24-31,33,35-36H2,1-7H3,(H,58,69)(H,59,67)(H,60,72)(H,61,70)(H,62,71)/t39?,46-,47-,48-,49-,56?/m0/s1. The van der Waals surface area contributed by atoms with E-state index in [0.29, 0.717) is 44.0 Å². The first-order valence-corrected chi connectivity index (χ1v) is 28.2. The van der Waals surface area contributed by atoms with Crippen molar-refractivity contribution in [2.45, 2.75) is 147 Å². The summed E-state index contributed by atoms with van der Waals surface area (Å²) >= 11 is 0. The van der Waals surface area contributed by atoms with Gasteiger partial charge in [-0.3, -0.25) is 37.9 Å². The minimum absolute atomic E-state index is 0.0300. The van der Waals surface area contributed by atoms with Crippen molar-refractivity contribution in [1.29, 1.82) is 0 Å². The Hall–Kier alpha value is -6.46. The van der Waals surface area contributed by atoms with Crippen LogP contribution in [0, 0.1) is 17.7 Å². The minimum atomic E-state index is -4.85. The van der Waals surface area contributed by atoms with Crippen molar-refractivity contribution in [2.24, 2.45) is 11.8 Å². The first-order chi connectivity index (χ1) is 37.0. The second-order valence-corrected chi connectivity index (χ2v) is 22.6. The van der Waals surface area contributed by atoms with Crippen LogP contribution in [0.1, 0.15) is 120 Å². The summed E-state index contributed by atoms with van der Waals surface area (Å²) in [6, 6.07) is 15.8. The molecular weight excluding hydrogens is 1030 g/mol. The van der Waals surface area contributed by atoms with Gasteiger partial charge in [0.15, 0.2) is 5.78 Å². The van der Waals surface area contributed by atoms with E-state index in [1.54, 1.807) is 55.1 Å². The van der Waals surface area contributed by atoms with E-state index < -0.39 is 92.2 Å². The lowest BCUT2D eigenvalue weighted by molar-refractivity contribution is -0.143. The first-order valence-electron chi connectivity index (χ1n) is 26.8. The molecule has 6 atom stereocenters. The number of rotatable bonds is 31. The summed E-state index contributed by atoms with van der Waals surface area (Å²) in [6.07, 6.45) is 5.27.